The van der Waals surface area contributed by atoms with Crippen LogP contribution in [0.2, 0.25) is 0 Å². The van der Waals surface area contributed by atoms with Gasteiger partial charge in [-0.15, -0.1) is 0 Å². The van der Waals surface area contributed by atoms with E-state index in [-0.39, 0.29) is 11.1 Å². The van der Waals surface area contributed by atoms with E-state index in [4.69, 9.17) is 9.97 Å². The van der Waals surface area contributed by atoms with Gasteiger partial charge in [-0.1, -0.05) is 36.4 Å². The number of fused-ring (bicyclic) bond motifs is 10. The van der Waals surface area contributed by atoms with Crippen LogP contribution in [0.1, 0.15) is 11.1 Å². The summed E-state index contributed by atoms with van der Waals surface area (Å²) in [7, 11) is 0. The average Bonchev–Trinajstić information content (AvgIpc) is 3.60. The van der Waals surface area contributed by atoms with E-state index in [2.05, 4.69) is 36.4 Å². The number of imidazole rings is 2. The molecule has 204 valence electrons. The summed E-state index contributed by atoms with van der Waals surface area (Å²) < 4.78 is 3.52. The van der Waals surface area contributed by atoms with Gasteiger partial charge >= 0.3 is 0 Å². The van der Waals surface area contributed by atoms with Crippen molar-refractivity contribution in [1.82, 2.24) is 18.8 Å². The number of aromatic nitrogens is 4. The largest absolute Gasteiger partial charge is 0.268 e. The van der Waals surface area contributed by atoms with E-state index in [9.17, 15) is 9.59 Å². The maximum atomic E-state index is 14.1. The second-order valence-electron chi connectivity index (χ2n) is 12.3. The minimum Gasteiger partial charge on any atom is -0.268 e. The van der Waals surface area contributed by atoms with Crippen LogP contribution in [-0.2, 0) is 0 Å². The lowest BCUT2D eigenvalue weighted by atomic mass is 9.86. The summed E-state index contributed by atoms with van der Waals surface area (Å²) in [5, 5.41) is 11.5. The monoisotopic (exact) mass is 564 g/mol. The van der Waals surface area contributed by atoms with Crippen LogP contribution in [0, 0.1) is 13.8 Å². The highest BCUT2D eigenvalue weighted by Crippen LogP contribution is 2.45. The van der Waals surface area contributed by atoms with Gasteiger partial charge in [0.15, 0.2) is 0 Å². The van der Waals surface area contributed by atoms with Crippen molar-refractivity contribution in [3.8, 4) is 0 Å². The normalized spacial score (nSPS) is 13.0. The van der Waals surface area contributed by atoms with E-state index in [1.165, 1.54) is 0 Å². The third-order valence-corrected chi connectivity index (χ3v) is 9.87. The smallest absolute Gasteiger partial charge is 0.264 e. The Kier molecular flexibility index (Phi) is 3.70. The fourth-order valence-electron chi connectivity index (χ4n) is 8.01. The number of pyridine rings is 2. The molecule has 0 atom stereocenters. The number of nitrogens with zero attached hydrogens (tertiary/aromatic N) is 4. The Hall–Kier alpha value is -5.88. The fourth-order valence-corrected chi connectivity index (χ4v) is 8.01. The first-order valence-electron chi connectivity index (χ1n) is 14.8. The van der Waals surface area contributed by atoms with E-state index >= 15 is 0 Å². The van der Waals surface area contributed by atoms with Gasteiger partial charge in [0.1, 0.15) is 11.3 Å². The summed E-state index contributed by atoms with van der Waals surface area (Å²) in [5.74, 6) is 0. The topological polar surface area (TPSA) is 68.7 Å². The van der Waals surface area contributed by atoms with Crippen LogP contribution in [0.3, 0.4) is 0 Å². The molecule has 44 heavy (non-hydrogen) atoms. The zero-order valence-electron chi connectivity index (χ0n) is 23.7. The molecular weight excluding hydrogens is 544 g/mol. The Bertz CT molecular complexity index is 2990. The molecule has 11 aromatic rings. The minimum absolute atomic E-state index is 0.0571. The number of hydrogen-bond acceptors (Lipinski definition) is 4. The Balaban J connectivity index is 1.37. The van der Waals surface area contributed by atoms with Crippen molar-refractivity contribution in [2.24, 2.45) is 0 Å². The lowest BCUT2D eigenvalue weighted by Crippen LogP contribution is -2.14. The van der Waals surface area contributed by atoms with E-state index in [0.29, 0.717) is 22.1 Å². The molecule has 0 saturated carbocycles. The molecule has 0 bridgehead atoms. The number of hydrogen-bond donors (Lipinski definition) is 0. The Morgan fingerprint density at radius 1 is 0.432 bits per heavy atom. The molecule has 6 nitrogen and oxygen atoms in total. The van der Waals surface area contributed by atoms with E-state index in [0.717, 1.165) is 87.1 Å². The standard InChI is InChI=1S/C38H20N4O2/c1-17-3-13-29-27(15-17)39-35-23-9-5-19-20-6-10-24-34-26(38(44)42-30-14-4-18(2)16-28(30)40-36(24)42)12-8-22(32(20)34)21-7-11-25(33(23)31(19)21)37(43)41(29)35/h3-16H,1-2H3. The molecule has 0 unspecified atom stereocenters. The van der Waals surface area contributed by atoms with Crippen LogP contribution in [0.4, 0.5) is 0 Å². The summed E-state index contributed by atoms with van der Waals surface area (Å²) >= 11 is 0. The van der Waals surface area contributed by atoms with Gasteiger partial charge in [0.2, 0.25) is 0 Å². The third kappa shape index (κ3) is 2.40. The first kappa shape index (κ1) is 22.7. The Morgan fingerprint density at radius 3 is 1.18 bits per heavy atom. The summed E-state index contributed by atoms with van der Waals surface area (Å²) in [6.45, 7) is 4.08. The maximum absolute atomic E-state index is 14.1. The molecule has 7 aromatic carbocycles. The summed E-state index contributed by atoms with van der Waals surface area (Å²) in [6, 6.07) is 28.7. The summed E-state index contributed by atoms with van der Waals surface area (Å²) in [5.41, 5.74) is 6.76. The van der Waals surface area contributed by atoms with Crippen molar-refractivity contribution in [3.63, 3.8) is 0 Å². The number of aryl methyl sites for hydroxylation is 2. The van der Waals surface area contributed by atoms with E-state index < -0.39 is 0 Å². The van der Waals surface area contributed by atoms with Crippen LogP contribution in [0.15, 0.2) is 94.5 Å². The van der Waals surface area contributed by atoms with Crippen molar-refractivity contribution in [3.05, 3.63) is 117 Å². The predicted molar refractivity (Wildman–Crippen MR) is 180 cm³/mol. The molecule has 0 aliphatic carbocycles. The molecule has 0 aliphatic heterocycles. The molecule has 4 heterocycles. The van der Waals surface area contributed by atoms with Crippen LogP contribution in [0.25, 0.3) is 98.0 Å². The summed E-state index contributed by atoms with van der Waals surface area (Å²) in [6.07, 6.45) is 0. The first-order valence-corrected chi connectivity index (χ1v) is 14.8. The van der Waals surface area contributed by atoms with Crippen LogP contribution in [-0.4, -0.2) is 18.8 Å². The lowest BCUT2D eigenvalue weighted by Gasteiger charge is -2.18. The molecule has 0 saturated heterocycles. The van der Waals surface area contributed by atoms with Gasteiger partial charge in [0, 0.05) is 32.3 Å². The van der Waals surface area contributed by atoms with Gasteiger partial charge in [0.25, 0.3) is 11.1 Å². The number of benzene rings is 7. The molecule has 11 rings (SSSR count). The number of rotatable bonds is 0. The zero-order chi connectivity index (χ0) is 29.2. The Labute approximate surface area is 247 Å². The van der Waals surface area contributed by atoms with Gasteiger partial charge in [-0.25, -0.2) is 9.97 Å². The van der Waals surface area contributed by atoms with Gasteiger partial charge in [-0.3, -0.25) is 18.4 Å². The van der Waals surface area contributed by atoms with E-state index in [1.807, 2.05) is 62.4 Å². The van der Waals surface area contributed by atoms with Crippen molar-refractivity contribution in [1.29, 1.82) is 0 Å². The summed E-state index contributed by atoms with van der Waals surface area (Å²) in [4.78, 5) is 38.1. The van der Waals surface area contributed by atoms with Gasteiger partial charge in [0.05, 0.1) is 22.1 Å². The highest BCUT2D eigenvalue weighted by molar-refractivity contribution is 6.40. The molecule has 4 aromatic heterocycles. The van der Waals surface area contributed by atoms with Crippen LogP contribution in [0.5, 0.6) is 0 Å². The van der Waals surface area contributed by atoms with E-state index in [1.54, 1.807) is 8.80 Å². The Morgan fingerprint density at radius 2 is 0.773 bits per heavy atom. The molecule has 0 aliphatic rings. The van der Waals surface area contributed by atoms with Crippen molar-refractivity contribution in [2.75, 3.05) is 0 Å². The molecule has 0 radical (unpaired) electrons. The quantitative estimate of drug-likeness (QED) is 0.139. The van der Waals surface area contributed by atoms with Gasteiger partial charge in [-0.2, -0.15) is 0 Å². The SMILES string of the molecule is Cc1ccc2c(c1)nc1c3ccc4c5ccc6c7c(ccc(c8ccc(c(=O)n21)c3c84)c57)c(=O)n1c2ccc(C)cc2nc61. The third-order valence-electron chi connectivity index (χ3n) is 9.87. The molecule has 0 N–H and O–H groups in total. The molecule has 0 amide bonds. The highest BCUT2D eigenvalue weighted by Gasteiger charge is 2.23. The van der Waals surface area contributed by atoms with Crippen LogP contribution >= 0.6 is 0 Å². The maximum Gasteiger partial charge on any atom is 0.264 e. The molecular formula is C38H20N4O2. The van der Waals surface area contributed by atoms with Crippen molar-refractivity contribution < 1.29 is 0 Å². The average molecular weight is 565 g/mol. The van der Waals surface area contributed by atoms with Crippen LogP contribution < -0.4 is 11.1 Å². The van der Waals surface area contributed by atoms with Gasteiger partial charge in [-0.05, 0) is 106 Å². The molecule has 6 heteroatoms. The van der Waals surface area contributed by atoms with Crippen molar-refractivity contribution >= 4 is 98.0 Å². The first-order chi connectivity index (χ1) is 21.5. The fraction of sp³-hybridized carbons (Fsp3) is 0.0526. The van der Waals surface area contributed by atoms with Gasteiger partial charge < -0.3 is 0 Å². The molecule has 0 fully saturated rings. The second-order valence-corrected chi connectivity index (χ2v) is 12.3. The molecule has 0 spiro atoms. The van der Waals surface area contributed by atoms with Crippen molar-refractivity contribution in [2.45, 2.75) is 13.8 Å². The zero-order valence-corrected chi connectivity index (χ0v) is 23.7. The predicted octanol–water partition coefficient (Wildman–Crippen LogP) is 7.86. The minimum atomic E-state index is -0.0571. The lowest BCUT2D eigenvalue weighted by molar-refractivity contribution is 1.19. The highest BCUT2D eigenvalue weighted by atomic mass is 16.1. The second kappa shape index (κ2) is 7.18.